The molecule has 3 N–H and O–H groups in total. The van der Waals surface area contributed by atoms with Gasteiger partial charge in [0.25, 0.3) is 11.6 Å². The Kier molecular flexibility index (Phi) is 6.67. The topological polar surface area (TPSA) is 134 Å². The zero-order valence-electron chi connectivity index (χ0n) is 15.0. The molecule has 28 heavy (non-hydrogen) atoms. The third-order valence-corrected chi connectivity index (χ3v) is 3.91. The number of aryl methyl sites for hydroxylation is 1. The number of hydrazone groups is 1. The minimum atomic E-state index is -0.686. The monoisotopic (exact) mass is 404 g/mol. The lowest BCUT2D eigenvalue weighted by atomic mass is 10.1. The number of halogens is 1. The van der Waals surface area contributed by atoms with Gasteiger partial charge in [0, 0.05) is 22.9 Å². The molecule has 0 aliphatic carbocycles. The van der Waals surface area contributed by atoms with Crippen LogP contribution in [0.3, 0.4) is 0 Å². The predicted octanol–water partition coefficient (Wildman–Crippen LogP) is 3.40. The minimum Gasteiger partial charge on any atom is -0.507 e. The fourth-order valence-corrected chi connectivity index (χ4v) is 2.39. The number of phenols is 1. The Hall–Kier alpha value is -3.46. The number of carbonyl (C=O) groups excluding carboxylic acids is 2. The van der Waals surface area contributed by atoms with E-state index < -0.39 is 16.7 Å². The molecule has 146 valence electrons. The Morgan fingerprint density at radius 1 is 1.25 bits per heavy atom. The molecular weight excluding hydrogens is 388 g/mol. The molecule has 0 fully saturated rings. The molecule has 0 saturated heterocycles. The highest BCUT2D eigenvalue weighted by Gasteiger charge is 2.13. The third kappa shape index (κ3) is 5.52. The van der Waals surface area contributed by atoms with Crippen molar-refractivity contribution in [3.63, 3.8) is 0 Å². The molecule has 0 atom stereocenters. The second-order valence-electron chi connectivity index (χ2n) is 5.93. The van der Waals surface area contributed by atoms with E-state index in [0.717, 1.165) is 0 Å². The summed E-state index contributed by atoms with van der Waals surface area (Å²) in [5.74, 6) is -1.40. The van der Waals surface area contributed by atoms with Gasteiger partial charge in [0.15, 0.2) is 0 Å². The molecular formula is C18H17ClN4O5. The van der Waals surface area contributed by atoms with Gasteiger partial charge in [0.1, 0.15) is 5.75 Å². The maximum absolute atomic E-state index is 12.1. The first-order valence-electron chi connectivity index (χ1n) is 8.04. The summed E-state index contributed by atoms with van der Waals surface area (Å²) in [5.41, 5.74) is 3.31. The minimum absolute atomic E-state index is 0.0549. The van der Waals surface area contributed by atoms with E-state index in [9.17, 15) is 24.8 Å². The van der Waals surface area contributed by atoms with Crippen LogP contribution in [0.1, 0.15) is 29.3 Å². The van der Waals surface area contributed by atoms with Gasteiger partial charge in [-0.05, 0) is 37.6 Å². The lowest BCUT2D eigenvalue weighted by Gasteiger charge is -2.08. The van der Waals surface area contributed by atoms with Crippen molar-refractivity contribution in [2.75, 3.05) is 5.32 Å². The average Bonchev–Trinajstić information content (AvgIpc) is 2.63. The van der Waals surface area contributed by atoms with E-state index in [1.54, 1.807) is 6.92 Å². The number of anilines is 1. The Bertz CT molecular complexity index is 974. The number of hydrogen-bond donors (Lipinski definition) is 3. The molecule has 10 heteroatoms. The number of nitrogens with zero attached hydrogens (tertiary/aromatic N) is 2. The van der Waals surface area contributed by atoms with Gasteiger partial charge in [-0.15, -0.1) is 0 Å². The van der Waals surface area contributed by atoms with E-state index in [-0.39, 0.29) is 34.2 Å². The van der Waals surface area contributed by atoms with Crippen molar-refractivity contribution in [1.82, 2.24) is 5.43 Å². The predicted molar refractivity (Wildman–Crippen MR) is 105 cm³/mol. The summed E-state index contributed by atoms with van der Waals surface area (Å²) in [6.45, 7) is 3.23. The molecule has 0 aliphatic heterocycles. The largest absolute Gasteiger partial charge is 0.507 e. The van der Waals surface area contributed by atoms with Crippen molar-refractivity contribution < 1.29 is 19.6 Å². The van der Waals surface area contributed by atoms with Crippen molar-refractivity contribution in [2.45, 2.75) is 20.3 Å². The van der Waals surface area contributed by atoms with Crippen LogP contribution in [0.15, 0.2) is 41.5 Å². The van der Waals surface area contributed by atoms with Gasteiger partial charge in [0.2, 0.25) is 5.91 Å². The van der Waals surface area contributed by atoms with Crippen LogP contribution in [0.5, 0.6) is 5.75 Å². The number of amides is 2. The first-order valence-corrected chi connectivity index (χ1v) is 8.42. The fraction of sp³-hybridized carbons (Fsp3) is 0.167. The number of hydrogen-bond acceptors (Lipinski definition) is 6. The highest BCUT2D eigenvalue weighted by Crippen LogP contribution is 2.22. The second kappa shape index (κ2) is 8.96. The molecule has 2 amide bonds. The van der Waals surface area contributed by atoms with Crippen molar-refractivity contribution in [1.29, 1.82) is 0 Å². The van der Waals surface area contributed by atoms with E-state index in [4.69, 9.17) is 11.6 Å². The molecule has 0 spiro atoms. The molecule has 0 radical (unpaired) electrons. The zero-order valence-corrected chi connectivity index (χ0v) is 15.8. The van der Waals surface area contributed by atoms with Crippen LogP contribution in [0, 0.1) is 17.0 Å². The summed E-state index contributed by atoms with van der Waals surface area (Å²) in [6, 6.07) is 8.15. The molecule has 0 heterocycles. The Morgan fingerprint density at radius 3 is 2.64 bits per heavy atom. The van der Waals surface area contributed by atoms with E-state index in [0.29, 0.717) is 11.3 Å². The number of rotatable bonds is 6. The van der Waals surface area contributed by atoms with Gasteiger partial charge in [-0.3, -0.25) is 19.7 Å². The van der Waals surface area contributed by atoms with Crippen LogP contribution in [0.25, 0.3) is 0 Å². The van der Waals surface area contributed by atoms with Gasteiger partial charge in [-0.1, -0.05) is 17.7 Å². The van der Waals surface area contributed by atoms with Crippen molar-refractivity contribution in [3.05, 3.63) is 62.7 Å². The highest BCUT2D eigenvalue weighted by atomic mass is 35.5. The summed E-state index contributed by atoms with van der Waals surface area (Å²) in [4.78, 5) is 34.5. The van der Waals surface area contributed by atoms with E-state index in [1.165, 1.54) is 43.3 Å². The molecule has 2 aromatic rings. The molecule has 2 rings (SSSR count). The smallest absolute Gasteiger partial charge is 0.275 e. The standard InChI is InChI=1S/C18H17ClN4O5/c1-10-3-5-13(23(27)28)9-15(10)20-17(25)7-11(2)21-22-18(26)14-8-12(19)4-6-16(14)24/h3-6,8-9,24H,7H2,1-2H3,(H,20,25)(H,22,26)/b21-11+. The van der Waals surface area contributed by atoms with Crippen molar-refractivity contribution in [2.24, 2.45) is 5.10 Å². The van der Waals surface area contributed by atoms with Crippen LogP contribution in [0.2, 0.25) is 5.02 Å². The van der Waals surface area contributed by atoms with Gasteiger partial charge in [0.05, 0.1) is 22.6 Å². The first-order chi connectivity index (χ1) is 13.2. The second-order valence-corrected chi connectivity index (χ2v) is 6.37. The number of non-ortho nitro benzene ring substituents is 1. The van der Waals surface area contributed by atoms with Crippen LogP contribution in [-0.4, -0.2) is 27.6 Å². The number of carbonyl (C=O) groups is 2. The Balaban J connectivity index is 2.00. The molecule has 9 nitrogen and oxygen atoms in total. The maximum atomic E-state index is 12.1. The number of nitro benzene ring substituents is 1. The number of nitrogens with one attached hydrogen (secondary N) is 2. The summed E-state index contributed by atoms with van der Waals surface area (Å²) >= 11 is 5.79. The maximum Gasteiger partial charge on any atom is 0.275 e. The Morgan fingerprint density at radius 2 is 1.96 bits per heavy atom. The number of aromatic hydroxyl groups is 1. The quantitative estimate of drug-likeness (QED) is 0.385. The lowest BCUT2D eigenvalue weighted by Crippen LogP contribution is -2.21. The summed E-state index contributed by atoms with van der Waals surface area (Å²) in [5, 5.41) is 27.2. The van der Waals surface area contributed by atoms with E-state index >= 15 is 0 Å². The molecule has 0 unspecified atom stereocenters. The molecule has 0 aliphatic rings. The molecule has 0 bridgehead atoms. The SMILES string of the molecule is C/C(CC(=O)Nc1cc([N+](=O)[O-])ccc1C)=N\NC(=O)c1cc(Cl)ccc1O. The number of benzene rings is 2. The van der Waals surface area contributed by atoms with Crippen LogP contribution in [-0.2, 0) is 4.79 Å². The van der Waals surface area contributed by atoms with Crippen molar-refractivity contribution in [3.8, 4) is 5.75 Å². The van der Waals surface area contributed by atoms with Gasteiger partial charge >= 0.3 is 0 Å². The molecule has 0 aromatic heterocycles. The van der Waals surface area contributed by atoms with E-state index in [2.05, 4.69) is 15.8 Å². The Labute approximate surface area is 165 Å². The summed E-state index contributed by atoms with van der Waals surface area (Å²) in [6.07, 6.45) is -0.149. The summed E-state index contributed by atoms with van der Waals surface area (Å²) in [7, 11) is 0. The van der Waals surface area contributed by atoms with Gasteiger partial charge in [-0.2, -0.15) is 5.10 Å². The first kappa shape index (κ1) is 20.8. The van der Waals surface area contributed by atoms with Crippen molar-refractivity contribution >= 4 is 40.5 Å². The van der Waals surface area contributed by atoms with Crippen LogP contribution < -0.4 is 10.7 Å². The van der Waals surface area contributed by atoms with Gasteiger partial charge < -0.3 is 10.4 Å². The van der Waals surface area contributed by atoms with E-state index in [1.807, 2.05) is 0 Å². The summed E-state index contributed by atoms with van der Waals surface area (Å²) < 4.78 is 0. The van der Waals surface area contributed by atoms with Crippen LogP contribution >= 0.6 is 11.6 Å². The third-order valence-electron chi connectivity index (χ3n) is 3.67. The zero-order chi connectivity index (χ0) is 20.8. The van der Waals surface area contributed by atoms with Crippen LogP contribution in [0.4, 0.5) is 11.4 Å². The molecule has 0 saturated carbocycles. The van der Waals surface area contributed by atoms with Gasteiger partial charge in [-0.25, -0.2) is 5.43 Å². The average molecular weight is 405 g/mol. The molecule has 2 aromatic carbocycles. The highest BCUT2D eigenvalue weighted by molar-refractivity contribution is 6.31. The fourth-order valence-electron chi connectivity index (χ4n) is 2.22. The number of phenolic OH excluding ortho intramolecular Hbond substituents is 1. The lowest BCUT2D eigenvalue weighted by molar-refractivity contribution is -0.384. The number of nitro groups is 1. The normalized spacial score (nSPS) is 11.0.